The molecule has 0 heterocycles. The predicted molar refractivity (Wildman–Crippen MR) is 114 cm³/mol. The number of carbonyl (C=O) groups excluding carboxylic acids is 1. The van der Waals surface area contributed by atoms with Crippen LogP contribution in [0.5, 0.6) is 5.75 Å². The number of hydrogen-bond acceptors (Lipinski definition) is 2. The molecule has 1 aromatic rings. The Morgan fingerprint density at radius 3 is 2.47 bits per heavy atom. The van der Waals surface area contributed by atoms with Gasteiger partial charge >= 0.3 is 5.97 Å². The molecule has 3 aliphatic rings. The quantitative estimate of drug-likeness (QED) is 0.298. The van der Waals surface area contributed by atoms with Crippen LogP contribution >= 0.6 is 0 Å². The first-order valence-corrected chi connectivity index (χ1v) is 11.8. The van der Waals surface area contributed by atoms with E-state index in [0.717, 1.165) is 49.1 Å². The molecule has 2 nitrogen and oxygen atoms in total. The largest absolute Gasteiger partial charge is 0.423 e. The number of halogens is 2. The van der Waals surface area contributed by atoms with Crippen molar-refractivity contribution in [3.63, 3.8) is 0 Å². The number of esters is 1. The van der Waals surface area contributed by atoms with Crippen LogP contribution in [0.25, 0.3) is 0 Å². The van der Waals surface area contributed by atoms with E-state index in [9.17, 15) is 13.6 Å². The Kier molecular flexibility index (Phi) is 6.90. The molecule has 0 amide bonds. The third-order valence-electron chi connectivity index (χ3n) is 8.04. The SMILES string of the molecule is C/C=C/C1CCC(C2CCC3C(CCCC3C(=O)Oc3ccc(F)cc3F)C2)CC1. The van der Waals surface area contributed by atoms with E-state index in [1.165, 1.54) is 51.0 Å². The lowest BCUT2D eigenvalue weighted by Gasteiger charge is -2.45. The second-order valence-electron chi connectivity index (χ2n) is 9.73. The molecular weight excluding hydrogens is 382 g/mol. The van der Waals surface area contributed by atoms with Crippen LogP contribution in [0.3, 0.4) is 0 Å². The number of rotatable bonds is 4. The van der Waals surface area contributed by atoms with Crippen molar-refractivity contribution >= 4 is 5.97 Å². The maximum Gasteiger partial charge on any atom is 0.314 e. The minimum absolute atomic E-state index is 0.153. The first kappa shape index (κ1) is 21.5. The molecule has 0 spiro atoms. The van der Waals surface area contributed by atoms with Crippen LogP contribution in [0, 0.1) is 47.1 Å². The Morgan fingerprint density at radius 2 is 1.73 bits per heavy atom. The van der Waals surface area contributed by atoms with E-state index in [4.69, 9.17) is 4.74 Å². The lowest BCUT2D eigenvalue weighted by Crippen LogP contribution is -2.40. The minimum Gasteiger partial charge on any atom is -0.423 e. The Hall–Kier alpha value is -1.71. The highest BCUT2D eigenvalue weighted by Gasteiger charge is 2.43. The highest BCUT2D eigenvalue weighted by molar-refractivity contribution is 5.75. The van der Waals surface area contributed by atoms with Gasteiger partial charge in [0.15, 0.2) is 11.6 Å². The van der Waals surface area contributed by atoms with Gasteiger partial charge in [0.2, 0.25) is 0 Å². The van der Waals surface area contributed by atoms with Gasteiger partial charge < -0.3 is 4.74 Å². The number of ether oxygens (including phenoxy) is 1. The molecule has 3 saturated carbocycles. The second kappa shape index (κ2) is 9.62. The molecule has 164 valence electrons. The van der Waals surface area contributed by atoms with Crippen LogP contribution in [0.2, 0.25) is 0 Å². The summed E-state index contributed by atoms with van der Waals surface area (Å²) in [5.41, 5.74) is 0. The average molecular weight is 417 g/mol. The van der Waals surface area contributed by atoms with Gasteiger partial charge in [0.05, 0.1) is 5.92 Å². The van der Waals surface area contributed by atoms with Crippen molar-refractivity contribution in [2.45, 2.75) is 71.1 Å². The molecule has 0 saturated heterocycles. The van der Waals surface area contributed by atoms with E-state index in [1.54, 1.807) is 0 Å². The third-order valence-corrected chi connectivity index (χ3v) is 8.04. The van der Waals surface area contributed by atoms with Crippen LogP contribution in [-0.2, 0) is 4.79 Å². The van der Waals surface area contributed by atoms with Gasteiger partial charge in [0.25, 0.3) is 0 Å². The smallest absolute Gasteiger partial charge is 0.314 e. The molecule has 4 atom stereocenters. The summed E-state index contributed by atoms with van der Waals surface area (Å²) in [6.07, 6.45) is 16.4. The second-order valence-corrected chi connectivity index (χ2v) is 9.73. The summed E-state index contributed by atoms with van der Waals surface area (Å²) >= 11 is 0. The van der Waals surface area contributed by atoms with E-state index in [-0.39, 0.29) is 17.6 Å². The summed E-state index contributed by atoms with van der Waals surface area (Å²) in [7, 11) is 0. The normalized spacial score (nSPS) is 34.5. The Balaban J connectivity index is 1.35. The fourth-order valence-corrected chi connectivity index (χ4v) is 6.54. The first-order chi connectivity index (χ1) is 14.5. The molecule has 3 aliphatic carbocycles. The van der Waals surface area contributed by atoms with Crippen LogP contribution < -0.4 is 4.74 Å². The van der Waals surface area contributed by atoms with Crippen LogP contribution in [0.15, 0.2) is 30.4 Å². The van der Waals surface area contributed by atoms with E-state index in [1.807, 2.05) is 0 Å². The summed E-state index contributed by atoms with van der Waals surface area (Å²) in [5.74, 6) is 1.22. The fraction of sp³-hybridized carbons (Fsp3) is 0.654. The molecule has 0 radical (unpaired) electrons. The average Bonchev–Trinajstić information content (AvgIpc) is 2.75. The molecule has 4 rings (SSSR count). The summed E-state index contributed by atoms with van der Waals surface area (Å²) in [6.45, 7) is 2.11. The number of fused-ring (bicyclic) bond motifs is 1. The van der Waals surface area contributed by atoms with E-state index in [2.05, 4.69) is 19.1 Å². The fourth-order valence-electron chi connectivity index (χ4n) is 6.54. The Labute approximate surface area is 179 Å². The zero-order valence-electron chi connectivity index (χ0n) is 18.0. The molecule has 1 aromatic carbocycles. The molecular formula is C26H34F2O2. The monoisotopic (exact) mass is 416 g/mol. The maximum absolute atomic E-state index is 13.9. The predicted octanol–water partition coefficient (Wildman–Crippen LogP) is 7.09. The lowest BCUT2D eigenvalue weighted by atomic mass is 9.59. The Bertz CT molecular complexity index is 766. The summed E-state index contributed by atoms with van der Waals surface area (Å²) < 4.78 is 32.4. The van der Waals surface area contributed by atoms with Gasteiger partial charge in [-0.05, 0) is 100 Å². The van der Waals surface area contributed by atoms with Crippen molar-refractivity contribution in [3.05, 3.63) is 42.0 Å². The third kappa shape index (κ3) is 4.78. The lowest BCUT2D eigenvalue weighted by molar-refractivity contribution is -0.144. The van der Waals surface area contributed by atoms with E-state index in [0.29, 0.717) is 11.8 Å². The summed E-state index contributed by atoms with van der Waals surface area (Å²) in [4.78, 5) is 12.9. The van der Waals surface area contributed by atoms with Crippen LogP contribution in [0.1, 0.15) is 71.1 Å². The highest BCUT2D eigenvalue weighted by Crippen LogP contribution is 2.50. The molecule has 4 heteroatoms. The van der Waals surface area contributed by atoms with Crippen molar-refractivity contribution < 1.29 is 18.3 Å². The number of carbonyl (C=O) groups is 1. The number of benzene rings is 1. The molecule has 0 N–H and O–H groups in total. The van der Waals surface area contributed by atoms with Crippen molar-refractivity contribution in [2.75, 3.05) is 0 Å². The molecule has 30 heavy (non-hydrogen) atoms. The number of allylic oxidation sites excluding steroid dienone is 2. The van der Waals surface area contributed by atoms with Gasteiger partial charge in [-0.15, -0.1) is 0 Å². The zero-order chi connectivity index (χ0) is 21.1. The van der Waals surface area contributed by atoms with Gasteiger partial charge in [0.1, 0.15) is 5.82 Å². The summed E-state index contributed by atoms with van der Waals surface area (Å²) in [5, 5.41) is 0. The van der Waals surface area contributed by atoms with Crippen molar-refractivity contribution in [3.8, 4) is 5.75 Å². The van der Waals surface area contributed by atoms with Crippen molar-refractivity contribution in [1.29, 1.82) is 0 Å². The van der Waals surface area contributed by atoms with Crippen molar-refractivity contribution in [1.82, 2.24) is 0 Å². The van der Waals surface area contributed by atoms with E-state index >= 15 is 0 Å². The molecule has 0 aliphatic heterocycles. The van der Waals surface area contributed by atoms with Gasteiger partial charge in [-0.1, -0.05) is 25.0 Å². The Morgan fingerprint density at radius 1 is 0.967 bits per heavy atom. The zero-order valence-corrected chi connectivity index (χ0v) is 18.0. The number of hydrogen-bond donors (Lipinski definition) is 0. The highest BCUT2D eigenvalue weighted by atomic mass is 19.1. The maximum atomic E-state index is 13.9. The van der Waals surface area contributed by atoms with Crippen LogP contribution in [-0.4, -0.2) is 5.97 Å². The summed E-state index contributed by atoms with van der Waals surface area (Å²) in [6, 6.07) is 3.11. The van der Waals surface area contributed by atoms with Gasteiger partial charge in [0, 0.05) is 6.07 Å². The molecule has 4 unspecified atom stereocenters. The molecule has 0 bridgehead atoms. The minimum atomic E-state index is -0.812. The van der Waals surface area contributed by atoms with Gasteiger partial charge in [-0.2, -0.15) is 0 Å². The van der Waals surface area contributed by atoms with Gasteiger partial charge in [-0.25, -0.2) is 8.78 Å². The molecule has 3 fully saturated rings. The van der Waals surface area contributed by atoms with E-state index < -0.39 is 11.6 Å². The standard InChI is InChI=1S/C26H34F2O2/c1-2-4-17-7-9-18(10-8-17)19-11-13-22-20(15-19)5-3-6-23(22)26(29)30-25-14-12-21(27)16-24(25)28/h2,4,12,14,16-20,22-23H,3,5-11,13,15H2,1H3/b4-2+. The topological polar surface area (TPSA) is 26.3 Å². The van der Waals surface area contributed by atoms with Gasteiger partial charge in [-0.3, -0.25) is 4.79 Å². The van der Waals surface area contributed by atoms with Crippen LogP contribution in [0.4, 0.5) is 8.78 Å². The first-order valence-electron chi connectivity index (χ1n) is 11.8. The molecule has 0 aromatic heterocycles. The van der Waals surface area contributed by atoms with Crippen molar-refractivity contribution in [2.24, 2.45) is 35.5 Å².